The van der Waals surface area contributed by atoms with Crippen molar-refractivity contribution < 1.29 is 4.79 Å². The minimum absolute atomic E-state index is 0.0776. The van der Waals surface area contributed by atoms with Crippen LogP contribution in [0.4, 0.5) is 0 Å². The van der Waals surface area contributed by atoms with E-state index in [2.05, 4.69) is 10.4 Å². The number of nitrogens with one attached hydrogen (secondary N) is 1. The van der Waals surface area contributed by atoms with Crippen molar-refractivity contribution in [3.8, 4) is 0 Å². The molecule has 0 unspecified atom stereocenters. The summed E-state index contributed by atoms with van der Waals surface area (Å²) < 4.78 is 1.64. The van der Waals surface area contributed by atoms with Crippen molar-refractivity contribution >= 4 is 11.4 Å². The molecule has 0 aromatic carbocycles. The van der Waals surface area contributed by atoms with Gasteiger partial charge in [0.2, 0.25) is 0 Å². The van der Waals surface area contributed by atoms with Crippen molar-refractivity contribution in [3.05, 3.63) is 36.2 Å². The van der Waals surface area contributed by atoms with Crippen LogP contribution in [0.1, 0.15) is 23.8 Å². The van der Waals surface area contributed by atoms with E-state index in [9.17, 15) is 4.79 Å². The second kappa shape index (κ2) is 4.13. The van der Waals surface area contributed by atoms with Crippen LogP contribution in [0.15, 0.2) is 30.5 Å². The highest BCUT2D eigenvalue weighted by molar-refractivity contribution is 5.93. The Morgan fingerprint density at radius 1 is 1.47 bits per heavy atom. The first-order chi connectivity index (χ1) is 7.33. The number of amides is 1. The number of carbonyl (C=O) groups is 1. The minimum Gasteiger partial charge on any atom is -0.351 e. The first-order valence-corrected chi connectivity index (χ1v) is 5.04. The second-order valence-corrected chi connectivity index (χ2v) is 3.33. The highest BCUT2D eigenvalue weighted by atomic mass is 16.1. The molecule has 15 heavy (non-hydrogen) atoms. The van der Waals surface area contributed by atoms with E-state index in [0.29, 0.717) is 12.2 Å². The molecule has 78 valence electrons. The van der Waals surface area contributed by atoms with Crippen LogP contribution in [0.25, 0.3) is 5.52 Å². The van der Waals surface area contributed by atoms with Crippen molar-refractivity contribution in [2.75, 3.05) is 6.54 Å². The summed E-state index contributed by atoms with van der Waals surface area (Å²) in [6, 6.07) is 7.42. The summed E-state index contributed by atoms with van der Waals surface area (Å²) in [6.07, 6.45) is 2.62. The molecule has 4 heteroatoms. The van der Waals surface area contributed by atoms with Gasteiger partial charge >= 0.3 is 0 Å². The van der Waals surface area contributed by atoms with Gasteiger partial charge in [-0.15, -0.1) is 0 Å². The molecule has 0 radical (unpaired) electrons. The quantitative estimate of drug-likeness (QED) is 0.821. The topological polar surface area (TPSA) is 46.4 Å². The van der Waals surface area contributed by atoms with Crippen LogP contribution < -0.4 is 5.32 Å². The predicted octanol–water partition coefficient (Wildman–Crippen LogP) is 1.47. The number of fused-ring (bicyclic) bond motifs is 1. The smallest absolute Gasteiger partial charge is 0.269 e. The van der Waals surface area contributed by atoms with Gasteiger partial charge in [-0.3, -0.25) is 4.79 Å². The van der Waals surface area contributed by atoms with E-state index < -0.39 is 0 Å². The van der Waals surface area contributed by atoms with Gasteiger partial charge in [-0.2, -0.15) is 5.10 Å². The first kappa shape index (κ1) is 9.71. The highest BCUT2D eigenvalue weighted by Crippen LogP contribution is 2.05. The fourth-order valence-corrected chi connectivity index (χ4v) is 1.45. The SMILES string of the molecule is CCCNC(=O)c1cccc2ccnn12. The van der Waals surface area contributed by atoms with Crippen LogP contribution in [-0.2, 0) is 0 Å². The molecule has 1 N–H and O–H groups in total. The van der Waals surface area contributed by atoms with Gasteiger partial charge in [-0.25, -0.2) is 4.52 Å². The molecule has 0 atom stereocenters. The molecule has 0 spiro atoms. The van der Waals surface area contributed by atoms with E-state index in [4.69, 9.17) is 0 Å². The monoisotopic (exact) mass is 203 g/mol. The summed E-state index contributed by atoms with van der Waals surface area (Å²) >= 11 is 0. The first-order valence-electron chi connectivity index (χ1n) is 5.04. The average molecular weight is 203 g/mol. The molecule has 0 fully saturated rings. The summed E-state index contributed by atoms with van der Waals surface area (Å²) in [4.78, 5) is 11.7. The number of pyridine rings is 1. The van der Waals surface area contributed by atoms with Crippen LogP contribution in [0.5, 0.6) is 0 Å². The number of nitrogens with zero attached hydrogens (tertiary/aromatic N) is 2. The molecule has 1 amide bonds. The number of aromatic nitrogens is 2. The van der Waals surface area contributed by atoms with Gasteiger partial charge in [0.25, 0.3) is 5.91 Å². The van der Waals surface area contributed by atoms with Crippen LogP contribution in [0.2, 0.25) is 0 Å². The van der Waals surface area contributed by atoms with Crippen LogP contribution in [0.3, 0.4) is 0 Å². The Balaban J connectivity index is 2.34. The fourth-order valence-electron chi connectivity index (χ4n) is 1.45. The van der Waals surface area contributed by atoms with Crippen molar-refractivity contribution in [1.29, 1.82) is 0 Å². The molecule has 0 saturated carbocycles. The van der Waals surface area contributed by atoms with Gasteiger partial charge in [-0.1, -0.05) is 13.0 Å². The lowest BCUT2D eigenvalue weighted by atomic mass is 10.3. The zero-order valence-electron chi connectivity index (χ0n) is 8.60. The molecule has 0 aliphatic carbocycles. The number of hydrogen-bond acceptors (Lipinski definition) is 2. The average Bonchev–Trinajstić information content (AvgIpc) is 2.73. The maximum atomic E-state index is 11.7. The third-order valence-corrected chi connectivity index (χ3v) is 2.19. The van der Waals surface area contributed by atoms with E-state index in [0.717, 1.165) is 11.9 Å². The van der Waals surface area contributed by atoms with E-state index in [1.54, 1.807) is 16.8 Å². The number of rotatable bonds is 3. The van der Waals surface area contributed by atoms with E-state index >= 15 is 0 Å². The Morgan fingerprint density at radius 3 is 3.13 bits per heavy atom. The van der Waals surface area contributed by atoms with Gasteiger partial charge in [0.1, 0.15) is 5.69 Å². The Bertz CT molecular complexity index is 475. The molecule has 2 heterocycles. The summed E-state index contributed by atoms with van der Waals surface area (Å²) in [5.41, 5.74) is 1.50. The molecule has 0 bridgehead atoms. The van der Waals surface area contributed by atoms with Crippen LogP contribution >= 0.6 is 0 Å². The molecule has 2 rings (SSSR count). The normalized spacial score (nSPS) is 10.5. The van der Waals surface area contributed by atoms with Crippen molar-refractivity contribution in [2.45, 2.75) is 13.3 Å². The van der Waals surface area contributed by atoms with Crippen molar-refractivity contribution in [2.24, 2.45) is 0 Å². The summed E-state index contributed by atoms with van der Waals surface area (Å²) in [7, 11) is 0. The van der Waals surface area contributed by atoms with Crippen molar-refractivity contribution in [3.63, 3.8) is 0 Å². The highest BCUT2D eigenvalue weighted by Gasteiger charge is 2.08. The number of hydrogen-bond donors (Lipinski definition) is 1. The van der Waals surface area contributed by atoms with Gasteiger partial charge in [-0.05, 0) is 24.6 Å². The van der Waals surface area contributed by atoms with Gasteiger partial charge in [0, 0.05) is 6.54 Å². The molecule has 0 saturated heterocycles. The maximum Gasteiger partial charge on any atom is 0.269 e. The maximum absolute atomic E-state index is 11.7. The van der Waals surface area contributed by atoms with E-state index in [1.165, 1.54) is 0 Å². The number of carbonyl (C=O) groups excluding carboxylic acids is 1. The Kier molecular flexibility index (Phi) is 2.67. The molecule has 0 aliphatic heterocycles. The van der Waals surface area contributed by atoms with Crippen LogP contribution in [0, 0.1) is 0 Å². The van der Waals surface area contributed by atoms with E-state index in [-0.39, 0.29) is 5.91 Å². The molecule has 2 aromatic heterocycles. The second-order valence-electron chi connectivity index (χ2n) is 3.33. The van der Waals surface area contributed by atoms with Gasteiger partial charge in [0.05, 0.1) is 11.7 Å². The van der Waals surface area contributed by atoms with Crippen LogP contribution in [-0.4, -0.2) is 22.1 Å². The molecular weight excluding hydrogens is 190 g/mol. The van der Waals surface area contributed by atoms with E-state index in [1.807, 2.05) is 25.1 Å². The van der Waals surface area contributed by atoms with Gasteiger partial charge in [0.15, 0.2) is 0 Å². The zero-order valence-corrected chi connectivity index (χ0v) is 8.60. The fraction of sp³-hybridized carbons (Fsp3) is 0.273. The largest absolute Gasteiger partial charge is 0.351 e. The molecule has 4 nitrogen and oxygen atoms in total. The lowest BCUT2D eigenvalue weighted by Crippen LogP contribution is -2.26. The lowest BCUT2D eigenvalue weighted by Gasteiger charge is -2.05. The summed E-state index contributed by atoms with van der Waals surface area (Å²) in [5, 5.41) is 6.93. The lowest BCUT2D eigenvalue weighted by molar-refractivity contribution is 0.0946. The Labute approximate surface area is 87.9 Å². The standard InChI is InChI=1S/C11H13N3O/c1-2-7-12-11(15)10-5-3-4-9-6-8-13-14(9)10/h3-6,8H,2,7H2,1H3,(H,12,15). The Hall–Kier alpha value is -1.84. The third kappa shape index (κ3) is 1.83. The van der Waals surface area contributed by atoms with Gasteiger partial charge < -0.3 is 5.32 Å². The molecular formula is C11H13N3O. The molecule has 2 aromatic rings. The zero-order chi connectivity index (χ0) is 10.7. The Morgan fingerprint density at radius 2 is 2.33 bits per heavy atom. The molecule has 0 aliphatic rings. The summed E-state index contributed by atoms with van der Waals surface area (Å²) in [5.74, 6) is -0.0776. The third-order valence-electron chi connectivity index (χ3n) is 2.19. The predicted molar refractivity (Wildman–Crippen MR) is 57.8 cm³/mol. The minimum atomic E-state index is -0.0776. The van der Waals surface area contributed by atoms with Crippen molar-refractivity contribution in [1.82, 2.24) is 14.9 Å². The summed E-state index contributed by atoms with van der Waals surface area (Å²) in [6.45, 7) is 2.71.